The topological polar surface area (TPSA) is 66.8 Å². The van der Waals surface area contributed by atoms with Crippen molar-refractivity contribution in [1.82, 2.24) is 0 Å². The van der Waals surface area contributed by atoms with E-state index >= 15 is 0 Å². The van der Waals surface area contributed by atoms with Gasteiger partial charge in [-0.2, -0.15) is 0 Å². The summed E-state index contributed by atoms with van der Waals surface area (Å²) >= 11 is 0.945. The molecule has 0 amide bonds. The number of hydrogen-bond acceptors (Lipinski definition) is 2. The van der Waals surface area contributed by atoms with Crippen molar-refractivity contribution in [3.05, 3.63) is 0 Å². The van der Waals surface area contributed by atoms with Gasteiger partial charge in [0.25, 0.3) is 0 Å². The Bertz CT molecular complexity index is 71.6. The van der Waals surface area contributed by atoms with Crippen LogP contribution in [0.2, 0.25) is 0 Å². The molecule has 0 saturated carbocycles. The molecule has 0 aliphatic carbocycles. The van der Waals surface area contributed by atoms with Crippen LogP contribution in [-0.2, 0) is 27.1 Å². The quantitative estimate of drug-likeness (QED) is 0.642. The first-order chi connectivity index (χ1) is 2.56. The van der Waals surface area contributed by atoms with Gasteiger partial charge in [-0.15, -0.1) is 0 Å². The van der Waals surface area contributed by atoms with Crippen molar-refractivity contribution in [1.29, 1.82) is 0 Å². The maximum absolute atomic E-state index is 9.47. The molecule has 4 nitrogen and oxygen atoms in total. The summed E-state index contributed by atoms with van der Waals surface area (Å²) in [5.74, 6) is 0. The van der Waals surface area contributed by atoms with Crippen LogP contribution in [0.25, 0.3) is 0 Å². The fraction of sp³-hybridized carbons (Fsp3) is 0. The molecule has 6 heteroatoms. The first kappa shape index (κ1) is 6.76. The Labute approximate surface area is 45.3 Å². The van der Waals surface area contributed by atoms with Crippen molar-refractivity contribution in [3.63, 3.8) is 0 Å². The van der Waals surface area contributed by atoms with E-state index in [2.05, 4.69) is 3.28 Å². The van der Waals surface area contributed by atoms with E-state index in [1.165, 1.54) is 0 Å². The Morgan fingerprint density at radius 1 is 1.67 bits per heavy atom. The number of hydrogen-bond donors (Lipinski definition) is 2. The second-order valence-electron chi connectivity index (χ2n) is 0.551. The van der Waals surface area contributed by atoms with Crippen LogP contribution >= 0.6 is 7.82 Å². The van der Waals surface area contributed by atoms with Crippen molar-refractivity contribution in [3.8, 4) is 0 Å². The molecule has 0 aliphatic heterocycles. The van der Waals surface area contributed by atoms with Gasteiger partial charge in [0, 0.05) is 0 Å². The molecule has 0 fully saturated rings. The first-order valence-corrected chi connectivity index (χ1v) is 3.41. The fourth-order valence-corrected chi connectivity index (χ4v) is 0. The Hall–Kier alpha value is 0.759. The molecule has 6 heavy (non-hydrogen) atoms. The molecule has 0 aromatic rings. The summed E-state index contributed by atoms with van der Waals surface area (Å²) in [6.45, 7) is 0. The van der Waals surface area contributed by atoms with Gasteiger partial charge in [-0.05, 0) is 0 Å². The summed E-state index contributed by atoms with van der Waals surface area (Å²) in [6, 6.07) is 0. The molecule has 0 bridgehead atoms. The molecule has 0 atom stereocenters. The predicted molar refractivity (Wildman–Crippen MR) is 13.1 cm³/mol. The fourth-order valence-electron chi connectivity index (χ4n) is 0. The molecule has 40 valence electrons. The molecule has 0 radical (unpaired) electrons. The zero-order valence-electron chi connectivity index (χ0n) is 2.49. The summed E-state index contributed by atoms with van der Waals surface area (Å²) in [6.07, 6.45) is 0. The van der Waals surface area contributed by atoms with E-state index in [4.69, 9.17) is 9.79 Å². The monoisotopic (exact) mass is 290 g/mol. The zero-order valence-corrected chi connectivity index (χ0v) is 5.78. The van der Waals surface area contributed by atoms with Crippen LogP contribution in [-0.4, -0.2) is 9.79 Å². The van der Waals surface area contributed by atoms with Crippen molar-refractivity contribution in [2.24, 2.45) is 0 Å². The maximum atomic E-state index is 9.47. The minimum atomic E-state index is -4.15. The van der Waals surface area contributed by atoms with Gasteiger partial charge in [-0.3, -0.25) is 0 Å². The normalized spacial score (nSPS) is 12.0. The number of rotatable bonds is 1. The average molecular weight is 289 g/mol. The molecule has 0 aromatic heterocycles. The Kier molecular flexibility index (Phi) is 2.44. The van der Waals surface area contributed by atoms with E-state index in [0.29, 0.717) is 0 Å². The molecule has 0 aliphatic rings. The molecule has 0 spiro atoms. The molecule has 0 rings (SSSR count). The Balaban J connectivity index is 3.48. The molecular formula is H2IrO4P. The third-order valence-corrected chi connectivity index (χ3v) is 1.95. The van der Waals surface area contributed by atoms with Gasteiger partial charge in [0.2, 0.25) is 0 Å². The third kappa shape index (κ3) is 4.76. The standard InChI is InChI=1S/Ir.H3O4P/c;1-5(2,3)4/h;(H3,1,2,3,4)/q+1;/p-1. The Morgan fingerprint density at radius 2 is 1.83 bits per heavy atom. The SMILES string of the molecule is O=P(O)(O)[O][Ir]. The van der Waals surface area contributed by atoms with Crippen LogP contribution in [0.15, 0.2) is 0 Å². The summed E-state index contributed by atoms with van der Waals surface area (Å²) in [5, 5.41) is 0. The van der Waals surface area contributed by atoms with Gasteiger partial charge in [0.05, 0.1) is 0 Å². The van der Waals surface area contributed by atoms with E-state index in [9.17, 15) is 4.57 Å². The summed E-state index contributed by atoms with van der Waals surface area (Å²) in [4.78, 5) is 15.4. The van der Waals surface area contributed by atoms with Crippen molar-refractivity contribution < 1.29 is 36.9 Å². The van der Waals surface area contributed by atoms with E-state index in [-0.39, 0.29) is 0 Å². The number of phosphoric acid groups is 1. The van der Waals surface area contributed by atoms with Gasteiger partial charge >= 0.3 is 44.7 Å². The average Bonchev–Trinajstić information content (AvgIpc) is 1.35. The van der Waals surface area contributed by atoms with Gasteiger partial charge < -0.3 is 0 Å². The summed E-state index contributed by atoms with van der Waals surface area (Å²) in [5.41, 5.74) is 0. The van der Waals surface area contributed by atoms with Crippen LogP contribution in [0.3, 0.4) is 0 Å². The van der Waals surface area contributed by atoms with Crippen LogP contribution in [0.4, 0.5) is 0 Å². The summed E-state index contributed by atoms with van der Waals surface area (Å²) < 4.78 is 13.1. The minimum absolute atomic E-state index is 0.945. The van der Waals surface area contributed by atoms with E-state index in [1.54, 1.807) is 0 Å². The second-order valence-corrected chi connectivity index (χ2v) is 2.97. The second kappa shape index (κ2) is 2.17. The van der Waals surface area contributed by atoms with Crippen LogP contribution in [0, 0.1) is 0 Å². The van der Waals surface area contributed by atoms with E-state index < -0.39 is 7.82 Å². The zero-order chi connectivity index (χ0) is 5.21. The van der Waals surface area contributed by atoms with E-state index in [1.807, 2.05) is 0 Å². The molecular weight excluding hydrogens is 287 g/mol. The molecule has 0 unspecified atom stereocenters. The Morgan fingerprint density at radius 3 is 1.83 bits per heavy atom. The van der Waals surface area contributed by atoms with Gasteiger partial charge in [-0.1, -0.05) is 0 Å². The predicted octanol–water partition coefficient (Wildman–Crippen LogP) is -0.443. The van der Waals surface area contributed by atoms with Crippen LogP contribution < -0.4 is 0 Å². The summed E-state index contributed by atoms with van der Waals surface area (Å²) in [7, 11) is -4.15. The first-order valence-electron chi connectivity index (χ1n) is 0.901. The molecule has 0 heterocycles. The van der Waals surface area contributed by atoms with Crippen molar-refractivity contribution in [2.75, 3.05) is 0 Å². The van der Waals surface area contributed by atoms with Gasteiger partial charge in [0.1, 0.15) is 0 Å². The van der Waals surface area contributed by atoms with Crippen molar-refractivity contribution >= 4 is 7.82 Å². The van der Waals surface area contributed by atoms with Crippen LogP contribution in [0.1, 0.15) is 0 Å². The van der Waals surface area contributed by atoms with E-state index in [0.717, 1.165) is 19.3 Å². The van der Waals surface area contributed by atoms with Gasteiger partial charge in [-0.25, -0.2) is 0 Å². The van der Waals surface area contributed by atoms with Crippen LogP contribution in [0.5, 0.6) is 0 Å². The van der Waals surface area contributed by atoms with Gasteiger partial charge in [0.15, 0.2) is 0 Å². The molecule has 0 aromatic carbocycles. The molecule has 0 saturated heterocycles. The molecule has 2 N–H and O–H groups in total. The third-order valence-electron chi connectivity index (χ3n) is 0.0793. The van der Waals surface area contributed by atoms with Crippen molar-refractivity contribution in [2.45, 2.75) is 0 Å².